The van der Waals surface area contributed by atoms with E-state index in [0.29, 0.717) is 23.7 Å². The van der Waals surface area contributed by atoms with Gasteiger partial charge in [0, 0.05) is 40.0 Å². The zero-order valence-electron chi connectivity index (χ0n) is 11.0. The van der Waals surface area contributed by atoms with Gasteiger partial charge in [-0.2, -0.15) is 0 Å². The molecule has 5 heteroatoms. The van der Waals surface area contributed by atoms with Gasteiger partial charge in [-0.1, -0.05) is 39.7 Å². The Morgan fingerprint density at radius 2 is 1.95 bits per heavy atom. The number of rotatable bonds is 5. The summed E-state index contributed by atoms with van der Waals surface area (Å²) in [5.74, 6) is 0.188. The van der Waals surface area contributed by atoms with E-state index in [1.54, 1.807) is 25.3 Å². The predicted molar refractivity (Wildman–Crippen MR) is 85.3 cm³/mol. The molecule has 106 valence electrons. The molecule has 0 spiro atoms. The molecule has 0 aliphatic rings. The molecule has 0 amide bonds. The first-order chi connectivity index (χ1) is 9.63. The fraction of sp³-hybridized carbons (Fsp3) is 0.200. The number of hydrogen-bond donors (Lipinski definition) is 2. The molecule has 0 aliphatic carbocycles. The number of halogens is 2. The summed E-state index contributed by atoms with van der Waals surface area (Å²) in [6.45, 7) is 0.941. The lowest BCUT2D eigenvalue weighted by molar-refractivity contribution is 0.185. The number of aromatic hydroxyl groups is 1. The van der Waals surface area contributed by atoms with Gasteiger partial charge in [0.15, 0.2) is 0 Å². The molecule has 2 aromatic carbocycles. The number of benzene rings is 2. The van der Waals surface area contributed by atoms with Crippen LogP contribution in [-0.4, -0.2) is 12.2 Å². The second-order valence-electron chi connectivity index (χ2n) is 4.29. The van der Waals surface area contributed by atoms with Crippen LogP contribution in [0.5, 0.6) is 5.75 Å². The van der Waals surface area contributed by atoms with Crippen molar-refractivity contribution in [3.63, 3.8) is 0 Å². The first-order valence-electron chi connectivity index (χ1n) is 6.10. The third-order valence-corrected chi connectivity index (χ3v) is 4.05. The molecule has 0 radical (unpaired) electrons. The summed E-state index contributed by atoms with van der Waals surface area (Å²) < 4.78 is 6.18. The maximum absolute atomic E-state index is 9.84. The summed E-state index contributed by atoms with van der Waals surface area (Å²) in [5, 5.41) is 13.7. The summed E-state index contributed by atoms with van der Waals surface area (Å²) in [5.41, 5.74) is 2.65. The van der Waals surface area contributed by atoms with Crippen LogP contribution < -0.4 is 5.32 Å². The number of anilines is 1. The van der Waals surface area contributed by atoms with Crippen molar-refractivity contribution >= 4 is 33.2 Å². The lowest BCUT2D eigenvalue weighted by Gasteiger charge is -2.14. The Kier molecular flexibility index (Phi) is 5.29. The van der Waals surface area contributed by atoms with Crippen molar-refractivity contribution in [3.05, 3.63) is 57.0 Å². The van der Waals surface area contributed by atoms with Crippen LogP contribution in [0.25, 0.3) is 0 Å². The van der Waals surface area contributed by atoms with E-state index < -0.39 is 0 Å². The minimum absolute atomic E-state index is 0.188. The van der Waals surface area contributed by atoms with E-state index in [1.807, 2.05) is 18.2 Å². The van der Waals surface area contributed by atoms with Crippen molar-refractivity contribution in [3.8, 4) is 5.75 Å². The van der Waals surface area contributed by atoms with Crippen LogP contribution in [0.2, 0.25) is 5.02 Å². The summed E-state index contributed by atoms with van der Waals surface area (Å²) in [7, 11) is 1.66. The largest absolute Gasteiger partial charge is 0.508 e. The van der Waals surface area contributed by atoms with E-state index in [4.69, 9.17) is 16.3 Å². The van der Waals surface area contributed by atoms with Crippen LogP contribution in [0.1, 0.15) is 11.1 Å². The minimum atomic E-state index is 0.188. The summed E-state index contributed by atoms with van der Waals surface area (Å²) in [4.78, 5) is 0. The van der Waals surface area contributed by atoms with E-state index in [9.17, 15) is 5.11 Å². The highest BCUT2D eigenvalue weighted by Gasteiger charge is 2.09. The Morgan fingerprint density at radius 3 is 2.65 bits per heavy atom. The van der Waals surface area contributed by atoms with Gasteiger partial charge in [-0.3, -0.25) is 0 Å². The average molecular weight is 357 g/mol. The van der Waals surface area contributed by atoms with Crippen LogP contribution >= 0.6 is 27.5 Å². The van der Waals surface area contributed by atoms with Crippen LogP contribution in [0.15, 0.2) is 40.9 Å². The molecule has 0 saturated heterocycles. The summed E-state index contributed by atoms with van der Waals surface area (Å²) >= 11 is 9.60. The highest BCUT2D eigenvalue weighted by molar-refractivity contribution is 9.10. The quantitative estimate of drug-likeness (QED) is 0.825. The third kappa shape index (κ3) is 3.45. The lowest BCUT2D eigenvalue weighted by atomic mass is 10.1. The molecule has 2 N–H and O–H groups in total. The van der Waals surface area contributed by atoms with Crippen molar-refractivity contribution in [2.45, 2.75) is 13.2 Å². The number of methoxy groups -OCH3 is 1. The summed E-state index contributed by atoms with van der Waals surface area (Å²) in [6.07, 6.45) is 0. The number of ether oxygens (including phenoxy) is 1. The Balaban J connectivity index is 2.21. The van der Waals surface area contributed by atoms with Crippen LogP contribution in [0, 0.1) is 0 Å². The van der Waals surface area contributed by atoms with Gasteiger partial charge in [0.25, 0.3) is 0 Å². The predicted octanol–water partition coefficient (Wildman–Crippen LogP) is 4.57. The maximum Gasteiger partial charge on any atom is 0.122 e. The Morgan fingerprint density at radius 1 is 1.20 bits per heavy atom. The van der Waals surface area contributed by atoms with Gasteiger partial charge in [0.05, 0.1) is 6.61 Å². The first-order valence-corrected chi connectivity index (χ1v) is 7.27. The van der Waals surface area contributed by atoms with Gasteiger partial charge in [0.1, 0.15) is 5.75 Å². The second-order valence-corrected chi connectivity index (χ2v) is 5.55. The highest BCUT2D eigenvalue weighted by Crippen LogP contribution is 2.29. The zero-order valence-corrected chi connectivity index (χ0v) is 13.3. The molecule has 0 aromatic heterocycles. The molecule has 0 aliphatic heterocycles. The van der Waals surface area contributed by atoms with Crippen LogP contribution in [0.3, 0.4) is 0 Å². The lowest BCUT2D eigenvalue weighted by Crippen LogP contribution is -2.04. The van der Waals surface area contributed by atoms with Crippen molar-refractivity contribution in [2.24, 2.45) is 0 Å². The number of phenols is 1. The topological polar surface area (TPSA) is 41.5 Å². The standard InChI is InChI=1S/C15H15BrClNO2/c1-20-9-11-12(16)4-2-6-14(11)18-8-10-13(17)5-3-7-15(10)19/h2-7,18-19H,8-9H2,1H3. The van der Waals surface area contributed by atoms with Crippen molar-refractivity contribution in [1.82, 2.24) is 0 Å². The van der Waals surface area contributed by atoms with E-state index in [-0.39, 0.29) is 5.75 Å². The fourth-order valence-electron chi connectivity index (χ4n) is 1.92. The third-order valence-electron chi connectivity index (χ3n) is 2.96. The number of nitrogens with one attached hydrogen (secondary N) is 1. The summed E-state index contributed by atoms with van der Waals surface area (Å²) in [6, 6.07) is 11.0. The first kappa shape index (κ1) is 15.2. The van der Waals surface area contributed by atoms with Crippen molar-refractivity contribution in [1.29, 1.82) is 0 Å². The van der Waals surface area contributed by atoms with Gasteiger partial charge < -0.3 is 15.2 Å². The van der Waals surface area contributed by atoms with Crippen LogP contribution in [-0.2, 0) is 17.9 Å². The normalized spacial score (nSPS) is 10.6. The van der Waals surface area contributed by atoms with E-state index in [1.165, 1.54) is 0 Å². The number of phenolic OH excluding ortho intramolecular Hbond substituents is 1. The molecule has 0 heterocycles. The van der Waals surface area contributed by atoms with Gasteiger partial charge in [-0.15, -0.1) is 0 Å². The van der Waals surface area contributed by atoms with Crippen molar-refractivity contribution in [2.75, 3.05) is 12.4 Å². The monoisotopic (exact) mass is 355 g/mol. The maximum atomic E-state index is 9.84. The van der Waals surface area contributed by atoms with Gasteiger partial charge >= 0.3 is 0 Å². The van der Waals surface area contributed by atoms with Gasteiger partial charge in [-0.25, -0.2) is 0 Å². The molecule has 3 nitrogen and oxygen atoms in total. The highest BCUT2D eigenvalue weighted by atomic mass is 79.9. The minimum Gasteiger partial charge on any atom is -0.508 e. The average Bonchev–Trinajstić information content (AvgIpc) is 2.42. The SMILES string of the molecule is COCc1c(Br)cccc1NCc1c(O)cccc1Cl. The van der Waals surface area contributed by atoms with Gasteiger partial charge in [0.2, 0.25) is 0 Å². The van der Waals surface area contributed by atoms with E-state index >= 15 is 0 Å². The Labute approximate surface area is 131 Å². The smallest absolute Gasteiger partial charge is 0.122 e. The Hall–Kier alpha value is -1.23. The van der Waals surface area contributed by atoms with Crippen molar-refractivity contribution < 1.29 is 9.84 Å². The molecule has 20 heavy (non-hydrogen) atoms. The molecule has 2 rings (SSSR count). The second kappa shape index (κ2) is 6.97. The van der Waals surface area contributed by atoms with E-state index in [2.05, 4.69) is 21.2 Å². The molecule has 0 saturated carbocycles. The molecule has 0 atom stereocenters. The van der Waals surface area contributed by atoms with Gasteiger partial charge in [-0.05, 0) is 24.3 Å². The molecular formula is C15H15BrClNO2. The van der Waals surface area contributed by atoms with Crippen LogP contribution in [0.4, 0.5) is 5.69 Å². The fourth-order valence-corrected chi connectivity index (χ4v) is 2.64. The van der Waals surface area contributed by atoms with E-state index in [0.717, 1.165) is 15.7 Å². The Bertz CT molecular complexity index is 584. The molecule has 0 fully saturated rings. The molecule has 2 aromatic rings. The number of hydrogen-bond acceptors (Lipinski definition) is 3. The molecule has 0 bridgehead atoms. The molecule has 0 unspecified atom stereocenters. The molecular weight excluding hydrogens is 342 g/mol. The zero-order chi connectivity index (χ0) is 14.5.